The van der Waals surface area contributed by atoms with E-state index in [1.807, 2.05) is 12.1 Å². The fourth-order valence-corrected chi connectivity index (χ4v) is 1.99. The maximum absolute atomic E-state index is 11.2. The largest absolute Gasteiger partial charge is 0.465 e. The van der Waals surface area contributed by atoms with Gasteiger partial charge in [-0.3, -0.25) is 9.78 Å². The second-order valence-electron chi connectivity index (χ2n) is 3.31. The van der Waals surface area contributed by atoms with E-state index in [-0.39, 0.29) is 12.5 Å². The summed E-state index contributed by atoms with van der Waals surface area (Å²) in [5, 5.41) is 12.2. The van der Waals surface area contributed by atoms with E-state index < -0.39 is 0 Å². The summed E-state index contributed by atoms with van der Waals surface area (Å²) in [7, 11) is 0. The van der Waals surface area contributed by atoms with Gasteiger partial charge in [-0.25, -0.2) is 0 Å². The first kappa shape index (κ1) is 12.4. The van der Waals surface area contributed by atoms with E-state index in [1.165, 1.54) is 11.3 Å². The summed E-state index contributed by atoms with van der Waals surface area (Å²) in [5.41, 5.74) is 0.902. The van der Waals surface area contributed by atoms with Crippen LogP contribution in [0, 0.1) is 0 Å². The van der Waals surface area contributed by atoms with E-state index in [4.69, 9.17) is 4.74 Å². The van der Waals surface area contributed by atoms with Crippen LogP contribution in [0.2, 0.25) is 0 Å². The molecule has 0 unspecified atom stereocenters. The summed E-state index contributed by atoms with van der Waals surface area (Å²) < 4.78 is 4.80. The lowest BCUT2D eigenvalue weighted by atomic mass is 10.3. The van der Waals surface area contributed by atoms with Gasteiger partial charge >= 0.3 is 5.97 Å². The Balaban J connectivity index is 1.97. The van der Waals surface area contributed by atoms with Crippen molar-refractivity contribution in [2.75, 3.05) is 18.5 Å². The van der Waals surface area contributed by atoms with E-state index in [0.29, 0.717) is 11.7 Å². The van der Waals surface area contributed by atoms with Crippen LogP contribution in [-0.4, -0.2) is 34.3 Å². The Morgan fingerprint density at radius 2 is 2.39 bits per heavy atom. The highest BCUT2D eigenvalue weighted by Crippen LogP contribution is 2.25. The molecule has 2 aromatic heterocycles. The molecule has 0 aliphatic carbocycles. The molecule has 0 spiro atoms. The number of rotatable bonds is 5. The molecule has 2 heterocycles. The number of carbonyl (C=O) groups is 1. The lowest BCUT2D eigenvalue weighted by Crippen LogP contribution is -2.16. The van der Waals surface area contributed by atoms with Crippen molar-refractivity contribution < 1.29 is 9.53 Å². The number of ether oxygens (including phenoxy) is 1. The molecule has 0 bridgehead atoms. The molecule has 0 fully saturated rings. The highest BCUT2D eigenvalue weighted by Gasteiger charge is 2.08. The molecule has 0 saturated carbocycles. The van der Waals surface area contributed by atoms with Gasteiger partial charge in [0, 0.05) is 18.0 Å². The predicted molar refractivity (Wildman–Crippen MR) is 68.3 cm³/mol. The van der Waals surface area contributed by atoms with Crippen molar-refractivity contribution in [3.8, 4) is 10.6 Å². The van der Waals surface area contributed by atoms with Gasteiger partial charge in [0.1, 0.15) is 6.54 Å². The highest BCUT2D eigenvalue weighted by molar-refractivity contribution is 7.18. The third kappa shape index (κ3) is 3.24. The zero-order chi connectivity index (χ0) is 12.8. The molecule has 0 radical (unpaired) electrons. The second-order valence-corrected chi connectivity index (χ2v) is 4.29. The monoisotopic (exact) mass is 264 g/mol. The molecule has 0 aliphatic rings. The van der Waals surface area contributed by atoms with E-state index in [1.54, 1.807) is 19.3 Å². The summed E-state index contributed by atoms with van der Waals surface area (Å²) >= 11 is 1.36. The number of anilines is 1. The average molecular weight is 264 g/mol. The number of esters is 1. The SMILES string of the molecule is CCOC(=O)CNc1nnc(-c2cccnc2)s1. The molecular weight excluding hydrogens is 252 g/mol. The van der Waals surface area contributed by atoms with E-state index >= 15 is 0 Å². The smallest absolute Gasteiger partial charge is 0.325 e. The molecule has 0 saturated heterocycles. The number of hydrogen-bond acceptors (Lipinski definition) is 7. The Hall–Kier alpha value is -2.02. The lowest BCUT2D eigenvalue weighted by molar-refractivity contribution is -0.140. The Morgan fingerprint density at radius 3 is 3.11 bits per heavy atom. The maximum Gasteiger partial charge on any atom is 0.325 e. The van der Waals surface area contributed by atoms with Crippen LogP contribution in [-0.2, 0) is 9.53 Å². The minimum atomic E-state index is -0.310. The molecule has 0 atom stereocenters. The van der Waals surface area contributed by atoms with Gasteiger partial charge < -0.3 is 10.1 Å². The Labute approximate surface area is 108 Å². The fourth-order valence-electron chi connectivity index (χ4n) is 1.26. The van der Waals surface area contributed by atoms with Crippen molar-refractivity contribution >= 4 is 22.4 Å². The molecule has 0 amide bonds. The number of pyridine rings is 1. The number of hydrogen-bond donors (Lipinski definition) is 1. The van der Waals surface area contributed by atoms with Crippen LogP contribution in [0.3, 0.4) is 0 Å². The summed E-state index contributed by atoms with van der Waals surface area (Å²) in [5.74, 6) is -0.310. The van der Waals surface area contributed by atoms with Crippen LogP contribution >= 0.6 is 11.3 Å². The van der Waals surface area contributed by atoms with Crippen LogP contribution in [0.25, 0.3) is 10.6 Å². The Morgan fingerprint density at radius 1 is 1.50 bits per heavy atom. The Kier molecular flexibility index (Phi) is 4.19. The summed E-state index contributed by atoms with van der Waals surface area (Å²) in [6.45, 7) is 2.23. The number of aromatic nitrogens is 3. The molecule has 1 N–H and O–H groups in total. The third-order valence-electron chi connectivity index (χ3n) is 2.02. The number of carbonyl (C=O) groups excluding carboxylic acids is 1. The summed E-state index contributed by atoms with van der Waals surface area (Å²) in [4.78, 5) is 15.2. The fraction of sp³-hybridized carbons (Fsp3) is 0.273. The van der Waals surface area contributed by atoms with Crippen LogP contribution < -0.4 is 5.32 Å². The van der Waals surface area contributed by atoms with Gasteiger partial charge in [-0.1, -0.05) is 11.3 Å². The molecule has 18 heavy (non-hydrogen) atoms. The van der Waals surface area contributed by atoms with E-state index in [0.717, 1.165) is 10.6 Å². The molecular formula is C11H12N4O2S. The van der Waals surface area contributed by atoms with Crippen LogP contribution in [0.1, 0.15) is 6.92 Å². The van der Waals surface area contributed by atoms with Crippen LogP contribution in [0.15, 0.2) is 24.5 Å². The third-order valence-corrected chi connectivity index (χ3v) is 2.95. The zero-order valence-electron chi connectivity index (χ0n) is 9.79. The van der Waals surface area contributed by atoms with Crippen molar-refractivity contribution in [3.05, 3.63) is 24.5 Å². The predicted octanol–water partition coefficient (Wildman–Crippen LogP) is 1.58. The standard InChI is InChI=1S/C11H12N4O2S/c1-2-17-9(16)7-13-11-15-14-10(18-11)8-4-3-5-12-6-8/h3-6H,2,7H2,1H3,(H,13,15). The van der Waals surface area contributed by atoms with Crippen LogP contribution in [0.5, 0.6) is 0 Å². The first-order valence-electron chi connectivity index (χ1n) is 5.43. The number of nitrogens with zero attached hydrogens (tertiary/aromatic N) is 3. The molecule has 7 heteroatoms. The van der Waals surface area contributed by atoms with Crippen molar-refractivity contribution in [2.45, 2.75) is 6.92 Å². The van der Waals surface area contributed by atoms with Gasteiger partial charge in [-0.2, -0.15) is 0 Å². The van der Waals surface area contributed by atoms with E-state index in [2.05, 4.69) is 20.5 Å². The van der Waals surface area contributed by atoms with Gasteiger partial charge in [-0.15, -0.1) is 10.2 Å². The average Bonchev–Trinajstić information content (AvgIpc) is 2.87. The first-order valence-corrected chi connectivity index (χ1v) is 6.24. The van der Waals surface area contributed by atoms with Gasteiger partial charge in [0.15, 0.2) is 5.01 Å². The molecule has 0 aliphatic heterocycles. The quantitative estimate of drug-likeness (QED) is 0.826. The molecule has 2 rings (SSSR count). The van der Waals surface area contributed by atoms with Gasteiger partial charge in [0.05, 0.1) is 6.61 Å². The number of nitrogens with one attached hydrogen (secondary N) is 1. The topological polar surface area (TPSA) is 77.0 Å². The summed E-state index contributed by atoms with van der Waals surface area (Å²) in [6.07, 6.45) is 3.42. The highest BCUT2D eigenvalue weighted by atomic mass is 32.1. The lowest BCUT2D eigenvalue weighted by Gasteiger charge is -2.01. The van der Waals surface area contributed by atoms with Gasteiger partial charge in [-0.05, 0) is 19.1 Å². The minimum Gasteiger partial charge on any atom is -0.465 e. The molecule has 6 nitrogen and oxygen atoms in total. The normalized spacial score (nSPS) is 10.1. The second kappa shape index (κ2) is 6.06. The van der Waals surface area contributed by atoms with Crippen LogP contribution in [0.4, 0.5) is 5.13 Å². The first-order chi connectivity index (χ1) is 8.79. The van der Waals surface area contributed by atoms with Gasteiger partial charge in [0.25, 0.3) is 0 Å². The van der Waals surface area contributed by atoms with Crippen molar-refractivity contribution in [1.82, 2.24) is 15.2 Å². The van der Waals surface area contributed by atoms with Gasteiger partial charge in [0.2, 0.25) is 5.13 Å². The molecule has 2 aromatic rings. The summed E-state index contributed by atoms with van der Waals surface area (Å²) in [6, 6.07) is 3.74. The van der Waals surface area contributed by atoms with Crippen molar-refractivity contribution in [3.63, 3.8) is 0 Å². The van der Waals surface area contributed by atoms with Crippen molar-refractivity contribution in [2.24, 2.45) is 0 Å². The van der Waals surface area contributed by atoms with Crippen molar-refractivity contribution in [1.29, 1.82) is 0 Å². The van der Waals surface area contributed by atoms with E-state index in [9.17, 15) is 4.79 Å². The minimum absolute atomic E-state index is 0.0928. The molecule has 94 valence electrons. The molecule has 0 aromatic carbocycles. The zero-order valence-corrected chi connectivity index (χ0v) is 10.6. The maximum atomic E-state index is 11.2. The Bertz CT molecular complexity index is 515.